The molecule has 3 aromatic heterocycles. The molecule has 0 bridgehead atoms. The molecular formula is C18H21ClFN5O. The number of anilines is 1. The van der Waals surface area contributed by atoms with Crippen molar-refractivity contribution in [1.82, 2.24) is 19.5 Å². The maximum atomic E-state index is 12.7. The number of rotatable bonds is 6. The molecule has 0 radical (unpaired) electrons. The van der Waals surface area contributed by atoms with Crippen molar-refractivity contribution in [2.45, 2.75) is 33.2 Å². The van der Waals surface area contributed by atoms with E-state index in [4.69, 9.17) is 22.1 Å². The minimum absolute atomic E-state index is 0.102. The summed E-state index contributed by atoms with van der Waals surface area (Å²) in [6, 6.07) is 0. The number of fused-ring (bicyclic) bond motifs is 1. The predicted octanol–water partition coefficient (Wildman–Crippen LogP) is 3.64. The fourth-order valence-electron chi connectivity index (χ4n) is 3.20. The van der Waals surface area contributed by atoms with Gasteiger partial charge in [0.05, 0.1) is 31.4 Å². The van der Waals surface area contributed by atoms with Gasteiger partial charge in [-0.15, -0.1) is 0 Å². The normalized spacial score (nSPS) is 11.3. The van der Waals surface area contributed by atoms with E-state index in [9.17, 15) is 4.39 Å². The molecule has 0 fully saturated rings. The zero-order valence-electron chi connectivity index (χ0n) is 15.0. The number of nitrogens with zero attached hydrogens (tertiary/aromatic N) is 4. The molecule has 3 heterocycles. The molecule has 0 aromatic carbocycles. The number of methoxy groups -OCH3 is 1. The van der Waals surface area contributed by atoms with E-state index < -0.39 is 6.67 Å². The zero-order chi connectivity index (χ0) is 18.8. The minimum Gasteiger partial charge on any atom is -0.496 e. The first-order chi connectivity index (χ1) is 12.5. The average Bonchev–Trinajstić information content (AvgIpc) is 2.93. The number of hydrogen-bond donors (Lipinski definition) is 1. The minimum atomic E-state index is -0.393. The molecule has 26 heavy (non-hydrogen) atoms. The van der Waals surface area contributed by atoms with Crippen LogP contribution in [0.15, 0.2) is 12.4 Å². The van der Waals surface area contributed by atoms with Crippen molar-refractivity contribution in [3.8, 4) is 5.75 Å². The molecule has 0 aliphatic carbocycles. The quantitative estimate of drug-likeness (QED) is 0.663. The molecule has 3 aromatic rings. The highest BCUT2D eigenvalue weighted by Gasteiger charge is 2.17. The number of nitrogen functional groups attached to an aromatic ring is 1. The number of aromatic nitrogens is 4. The van der Waals surface area contributed by atoms with Gasteiger partial charge in [-0.1, -0.05) is 11.6 Å². The number of nitrogens with two attached hydrogens (primary N) is 1. The highest BCUT2D eigenvalue weighted by molar-refractivity contribution is 6.34. The lowest BCUT2D eigenvalue weighted by molar-refractivity contribution is 0.406. The van der Waals surface area contributed by atoms with Crippen LogP contribution in [0.3, 0.4) is 0 Å². The predicted molar refractivity (Wildman–Crippen MR) is 101 cm³/mol. The van der Waals surface area contributed by atoms with Gasteiger partial charge in [-0.25, -0.2) is 4.98 Å². The van der Waals surface area contributed by atoms with Gasteiger partial charge in [-0.3, -0.25) is 9.37 Å². The molecule has 0 aliphatic heterocycles. The standard InChI is InChI=1S/C18H21ClFN5O/c1-10-7-22-13(11(2)15(10)26-3)9-25-8-12(5-4-6-20)14-16(19)23-18(21)24-17(14)25/h7-8H,4-6,9H2,1-3H3,(H2,21,23,24). The molecule has 0 saturated heterocycles. The van der Waals surface area contributed by atoms with Crippen LogP contribution < -0.4 is 10.5 Å². The molecule has 0 atom stereocenters. The molecule has 0 saturated carbocycles. The highest BCUT2D eigenvalue weighted by atomic mass is 35.5. The second-order valence-electron chi connectivity index (χ2n) is 6.19. The van der Waals surface area contributed by atoms with Gasteiger partial charge in [-0.05, 0) is 32.3 Å². The van der Waals surface area contributed by atoms with E-state index >= 15 is 0 Å². The summed E-state index contributed by atoms with van der Waals surface area (Å²) in [5, 5.41) is 0.998. The maximum absolute atomic E-state index is 12.7. The van der Waals surface area contributed by atoms with Crippen LogP contribution in [0.2, 0.25) is 5.15 Å². The summed E-state index contributed by atoms with van der Waals surface area (Å²) in [5.74, 6) is 0.918. The first kappa shape index (κ1) is 18.4. The number of alkyl halides is 1. The van der Waals surface area contributed by atoms with Crippen LogP contribution >= 0.6 is 11.6 Å². The first-order valence-corrected chi connectivity index (χ1v) is 8.69. The van der Waals surface area contributed by atoms with Crippen molar-refractivity contribution >= 4 is 28.6 Å². The second-order valence-corrected chi connectivity index (χ2v) is 6.55. The van der Waals surface area contributed by atoms with Crippen molar-refractivity contribution < 1.29 is 9.13 Å². The van der Waals surface area contributed by atoms with Crippen molar-refractivity contribution in [2.75, 3.05) is 19.5 Å². The SMILES string of the molecule is COc1c(C)cnc(Cn2cc(CCCF)c3c(Cl)nc(N)nc32)c1C. The van der Waals surface area contributed by atoms with Crippen molar-refractivity contribution in [1.29, 1.82) is 0 Å². The fraction of sp³-hybridized carbons (Fsp3) is 0.389. The third-order valence-electron chi connectivity index (χ3n) is 4.42. The lowest BCUT2D eigenvalue weighted by Crippen LogP contribution is -2.07. The Bertz CT molecular complexity index is 957. The number of pyridine rings is 1. The van der Waals surface area contributed by atoms with E-state index in [1.807, 2.05) is 24.6 Å². The van der Waals surface area contributed by atoms with E-state index in [1.165, 1.54) is 0 Å². The Morgan fingerprint density at radius 1 is 1.31 bits per heavy atom. The van der Waals surface area contributed by atoms with Crippen molar-refractivity contribution in [2.24, 2.45) is 0 Å². The smallest absolute Gasteiger partial charge is 0.223 e. The van der Waals surface area contributed by atoms with Crippen LogP contribution in [0.1, 0.15) is 28.8 Å². The largest absolute Gasteiger partial charge is 0.496 e. The summed E-state index contributed by atoms with van der Waals surface area (Å²) in [6.07, 6.45) is 4.67. The van der Waals surface area contributed by atoms with Gasteiger partial charge in [0.15, 0.2) is 0 Å². The lowest BCUT2D eigenvalue weighted by atomic mass is 10.1. The van der Waals surface area contributed by atoms with Gasteiger partial charge < -0.3 is 15.0 Å². The molecular weight excluding hydrogens is 357 g/mol. The Morgan fingerprint density at radius 2 is 2.08 bits per heavy atom. The number of halogens is 2. The van der Waals surface area contributed by atoms with E-state index in [0.29, 0.717) is 30.4 Å². The first-order valence-electron chi connectivity index (χ1n) is 8.32. The van der Waals surface area contributed by atoms with Crippen molar-refractivity contribution in [3.05, 3.63) is 39.9 Å². The van der Waals surface area contributed by atoms with E-state index in [2.05, 4.69) is 15.0 Å². The number of hydrogen-bond acceptors (Lipinski definition) is 5. The summed E-state index contributed by atoms with van der Waals surface area (Å²) in [6.45, 7) is 4.01. The molecule has 2 N–H and O–H groups in total. The summed E-state index contributed by atoms with van der Waals surface area (Å²) >= 11 is 6.29. The Hall–Kier alpha value is -2.41. The van der Waals surface area contributed by atoms with Gasteiger partial charge in [0.1, 0.15) is 16.5 Å². The zero-order valence-corrected chi connectivity index (χ0v) is 15.8. The lowest BCUT2D eigenvalue weighted by Gasteiger charge is -2.13. The summed E-state index contributed by atoms with van der Waals surface area (Å²) in [7, 11) is 1.65. The van der Waals surface area contributed by atoms with Crippen LogP contribution in [0.5, 0.6) is 5.75 Å². The fourth-order valence-corrected chi connectivity index (χ4v) is 3.49. The number of aryl methyl sites for hydroxylation is 2. The Balaban J connectivity index is 2.11. The third-order valence-corrected chi connectivity index (χ3v) is 4.69. The van der Waals surface area contributed by atoms with Gasteiger partial charge in [-0.2, -0.15) is 4.98 Å². The average molecular weight is 378 g/mol. The Labute approximate surface area is 156 Å². The summed E-state index contributed by atoms with van der Waals surface area (Å²) < 4.78 is 20.1. The summed E-state index contributed by atoms with van der Waals surface area (Å²) in [5.41, 5.74) is 10.1. The monoisotopic (exact) mass is 377 g/mol. The van der Waals surface area contributed by atoms with Gasteiger partial charge in [0.25, 0.3) is 0 Å². The molecule has 6 nitrogen and oxygen atoms in total. The molecule has 8 heteroatoms. The van der Waals surface area contributed by atoms with Crippen LogP contribution in [0.25, 0.3) is 11.0 Å². The Morgan fingerprint density at radius 3 is 2.77 bits per heavy atom. The molecule has 0 aliphatic rings. The van der Waals surface area contributed by atoms with Gasteiger partial charge in [0.2, 0.25) is 5.95 Å². The topological polar surface area (TPSA) is 78.8 Å². The molecule has 3 rings (SSSR count). The molecule has 0 unspecified atom stereocenters. The van der Waals surface area contributed by atoms with Crippen LogP contribution in [-0.2, 0) is 13.0 Å². The maximum Gasteiger partial charge on any atom is 0.223 e. The highest BCUT2D eigenvalue weighted by Crippen LogP contribution is 2.30. The molecule has 138 valence electrons. The third kappa shape index (κ3) is 3.31. The Kier molecular flexibility index (Phi) is 5.27. The van der Waals surface area contributed by atoms with E-state index in [0.717, 1.165) is 28.1 Å². The van der Waals surface area contributed by atoms with E-state index in [1.54, 1.807) is 13.3 Å². The molecule has 0 amide bonds. The van der Waals surface area contributed by atoms with Gasteiger partial charge >= 0.3 is 0 Å². The van der Waals surface area contributed by atoms with Crippen LogP contribution in [0, 0.1) is 13.8 Å². The van der Waals surface area contributed by atoms with Crippen molar-refractivity contribution in [3.63, 3.8) is 0 Å². The molecule has 0 spiro atoms. The van der Waals surface area contributed by atoms with Crippen LogP contribution in [-0.4, -0.2) is 33.3 Å². The summed E-state index contributed by atoms with van der Waals surface area (Å²) in [4.78, 5) is 12.9. The second kappa shape index (κ2) is 7.45. The van der Waals surface area contributed by atoms with Gasteiger partial charge in [0, 0.05) is 23.5 Å². The van der Waals surface area contributed by atoms with E-state index in [-0.39, 0.29) is 11.1 Å². The van der Waals surface area contributed by atoms with Crippen LogP contribution in [0.4, 0.5) is 10.3 Å². The number of ether oxygens (including phenoxy) is 1.